The minimum Gasteiger partial charge on any atom is -0.464 e. The van der Waals surface area contributed by atoms with Gasteiger partial charge < -0.3 is 9.73 Å². The van der Waals surface area contributed by atoms with Crippen molar-refractivity contribution in [3.05, 3.63) is 34.5 Å². The summed E-state index contributed by atoms with van der Waals surface area (Å²) in [6.07, 6.45) is 1.80. The number of rotatable bonds is 2. The van der Waals surface area contributed by atoms with Crippen molar-refractivity contribution in [1.29, 1.82) is 0 Å². The molecule has 2 aromatic rings. The summed E-state index contributed by atoms with van der Waals surface area (Å²) < 4.78 is 6.50. The van der Waals surface area contributed by atoms with Crippen LogP contribution in [0.5, 0.6) is 0 Å². The molecule has 0 atom stereocenters. The summed E-state index contributed by atoms with van der Waals surface area (Å²) in [5.74, 6) is 0. The maximum Gasteiger partial charge on any atom is 0.135 e. The van der Waals surface area contributed by atoms with Crippen LogP contribution < -0.4 is 5.32 Å². The van der Waals surface area contributed by atoms with Crippen LogP contribution in [0, 0.1) is 0 Å². The van der Waals surface area contributed by atoms with Crippen LogP contribution in [0.15, 0.2) is 33.4 Å². The average Bonchev–Trinajstić information content (AvgIpc) is 2.51. The Labute approximate surface area is 85.1 Å². The van der Waals surface area contributed by atoms with Crippen LogP contribution in [0.25, 0.3) is 11.0 Å². The van der Waals surface area contributed by atoms with Gasteiger partial charge in [-0.25, -0.2) is 0 Å². The molecule has 0 saturated heterocycles. The molecule has 1 aromatic carbocycles. The second-order valence-corrected chi connectivity index (χ2v) is 3.76. The third-order valence-electron chi connectivity index (χ3n) is 1.99. The molecule has 0 saturated carbocycles. The molecular formula is C10H10BrNO. The highest BCUT2D eigenvalue weighted by Crippen LogP contribution is 2.28. The lowest BCUT2D eigenvalue weighted by Crippen LogP contribution is -2.04. The van der Waals surface area contributed by atoms with Crippen molar-refractivity contribution in [2.24, 2.45) is 0 Å². The first-order valence-electron chi connectivity index (χ1n) is 4.12. The molecule has 0 amide bonds. The number of furan rings is 1. The third kappa shape index (κ3) is 1.49. The highest BCUT2D eigenvalue weighted by Gasteiger charge is 2.07. The van der Waals surface area contributed by atoms with E-state index in [0.29, 0.717) is 0 Å². The van der Waals surface area contributed by atoms with Crippen LogP contribution in [0.2, 0.25) is 0 Å². The zero-order valence-electron chi connectivity index (χ0n) is 7.30. The van der Waals surface area contributed by atoms with Gasteiger partial charge in [-0.1, -0.05) is 22.0 Å². The van der Waals surface area contributed by atoms with Gasteiger partial charge in [0.2, 0.25) is 0 Å². The quantitative estimate of drug-likeness (QED) is 0.872. The molecule has 0 aliphatic carbocycles. The first-order valence-corrected chi connectivity index (χ1v) is 4.91. The summed E-state index contributed by atoms with van der Waals surface area (Å²) in [5, 5.41) is 4.27. The molecule has 2 rings (SSSR count). The Morgan fingerprint density at radius 3 is 3.08 bits per heavy atom. The molecule has 0 radical (unpaired) electrons. The van der Waals surface area contributed by atoms with Gasteiger partial charge in [0.25, 0.3) is 0 Å². The van der Waals surface area contributed by atoms with Gasteiger partial charge in [0.05, 0.1) is 6.26 Å². The summed E-state index contributed by atoms with van der Waals surface area (Å²) in [4.78, 5) is 0. The minimum absolute atomic E-state index is 0.829. The zero-order chi connectivity index (χ0) is 9.26. The third-order valence-corrected chi connectivity index (χ3v) is 2.65. The first kappa shape index (κ1) is 8.78. The lowest BCUT2D eigenvalue weighted by atomic mass is 10.2. The summed E-state index contributed by atoms with van der Waals surface area (Å²) >= 11 is 3.51. The smallest absolute Gasteiger partial charge is 0.135 e. The van der Waals surface area contributed by atoms with Crippen LogP contribution >= 0.6 is 15.9 Å². The van der Waals surface area contributed by atoms with Gasteiger partial charge >= 0.3 is 0 Å². The Kier molecular flexibility index (Phi) is 2.38. The normalized spacial score (nSPS) is 10.9. The number of fused-ring (bicyclic) bond motifs is 1. The first-order chi connectivity index (χ1) is 6.33. The molecule has 0 bridgehead atoms. The van der Waals surface area contributed by atoms with Crippen LogP contribution in [-0.4, -0.2) is 7.05 Å². The molecule has 1 heterocycles. The Hall–Kier alpha value is -0.800. The molecule has 1 aromatic heterocycles. The summed E-state index contributed by atoms with van der Waals surface area (Å²) in [7, 11) is 1.93. The van der Waals surface area contributed by atoms with E-state index in [9.17, 15) is 0 Å². The van der Waals surface area contributed by atoms with E-state index in [1.807, 2.05) is 25.2 Å². The standard InChI is InChI=1S/C10H10BrNO/c1-12-5-7-6-13-9-4-2-3-8(11)10(7)9/h2-4,6,12H,5H2,1H3. The number of hydrogen-bond acceptors (Lipinski definition) is 2. The molecule has 0 aliphatic heterocycles. The average molecular weight is 240 g/mol. The molecule has 3 heteroatoms. The predicted molar refractivity (Wildman–Crippen MR) is 56.7 cm³/mol. The molecule has 0 unspecified atom stereocenters. The number of nitrogens with one attached hydrogen (secondary N) is 1. The fourth-order valence-electron chi connectivity index (χ4n) is 1.43. The van der Waals surface area contributed by atoms with Crippen molar-refractivity contribution in [1.82, 2.24) is 5.32 Å². The molecule has 0 aliphatic rings. The SMILES string of the molecule is CNCc1coc2cccc(Br)c12. The molecule has 1 N–H and O–H groups in total. The largest absolute Gasteiger partial charge is 0.464 e. The maximum absolute atomic E-state index is 5.41. The van der Waals surface area contributed by atoms with Crippen molar-refractivity contribution in [2.45, 2.75) is 6.54 Å². The molecular weight excluding hydrogens is 230 g/mol. The maximum atomic E-state index is 5.41. The van der Waals surface area contributed by atoms with Crippen LogP contribution in [0.3, 0.4) is 0 Å². The fraction of sp³-hybridized carbons (Fsp3) is 0.200. The van der Waals surface area contributed by atoms with Crippen LogP contribution in [-0.2, 0) is 6.54 Å². The highest BCUT2D eigenvalue weighted by atomic mass is 79.9. The summed E-state index contributed by atoms with van der Waals surface area (Å²) in [6, 6.07) is 5.97. The fourth-order valence-corrected chi connectivity index (χ4v) is 2.03. The van der Waals surface area contributed by atoms with E-state index < -0.39 is 0 Å². The highest BCUT2D eigenvalue weighted by molar-refractivity contribution is 9.10. The van der Waals surface area contributed by atoms with E-state index in [2.05, 4.69) is 21.2 Å². The Morgan fingerprint density at radius 2 is 2.31 bits per heavy atom. The topological polar surface area (TPSA) is 25.2 Å². The summed E-state index contributed by atoms with van der Waals surface area (Å²) in [5.41, 5.74) is 2.12. The van der Waals surface area contributed by atoms with Gasteiger partial charge in [0.15, 0.2) is 0 Å². The van der Waals surface area contributed by atoms with Crippen molar-refractivity contribution in [3.8, 4) is 0 Å². The Bertz CT molecular complexity index is 422. The van der Waals surface area contributed by atoms with E-state index in [1.54, 1.807) is 6.26 Å². The lowest BCUT2D eigenvalue weighted by molar-refractivity contribution is 0.607. The zero-order valence-corrected chi connectivity index (χ0v) is 8.89. The minimum atomic E-state index is 0.829. The summed E-state index contributed by atoms with van der Waals surface area (Å²) in [6.45, 7) is 0.829. The van der Waals surface area contributed by atoms with Gasteiger partial charge in [-0.3, -0.25) is 0 Å². The van der Waals surface area contributed by atoms with Gasteiger partial charge in [-0.2, -0.15) is 0 Å². The van der Waals surface area contributed by atoms with Gasteiger partial charge in [-0.05, 0) is 19.2 Å². The van der Waals surface area contributed by atoms with Crippen molar-refractivity contribution in [2.75, 3.05) is 7.05 Å². The number of halogens is 1. The van der Waals surface area contributed by atoms with E-state index >= 15 is 0 Å². The molecule has 0 spiro atoms. The van der Waals surface area contributed by atoms with E-state index in [-0.39, 0.29) is 0 Å². The van der Waals surface area contributed by atoms with Crippen molar-refractivity contribution < 1.29 is 4.42 Å². The van der Waals surface area contributed by atoms with Crippen molar-refractivity contribution in [3.63, 3.8) is 0 Å². The molecule has 13 heavy (non-hydrogen) atoms. The second-order valence-electron chi connectivity index (χ2n) is 2.90. The van der Waals surface area contributed by atoms with Crippen LogP contribution in [0.4, 0.5) is 0 Å². The van der Waals surface area contributed by atoms with Gasteiger partial charge in [0.1, 0.15) is 5.58 Å². The van der Waals surface area contributed by atoms with E-state index in [1.165, 1.54) is 5.56 Å². The van der Waals surface area contributed by atoms with E-state index in [4.69, 9.17) is 4.42 Å². The molecule has 0 fully saturated rings. The monoisotopic (exact) mass is 239 g/mol. The lowest BCUT2D eigenvalue weighted by Gasteiger charge is -1.97. The predicted octanol–water partition coefficient (Wildman–Crippen LogP) is 2.91. The Balaban J connectivity index is 2.64. The second kappa shape index (κ2) is 3.52. The van der Waals surface area contributed by atoms with Gasteiger partial charge in [0, 0.05) is 22.0 Å². The van der Waals surface area contributed by atoms with E-state index in [0.717, 1.165) is 22.0 Å². The number of benzene rings is 1. The van der Waals surface area contributed by atoms with Crippen LogP contribution in [0.1, 0.15) is 5.56 Å². The molecule has 68 valence electrons. The Morgan fingerprint density at radius 1 is 1.46 bits per heavy atom. The molecule has 2 nitrogen and oxygen atoms in total. The van der Waals surface area contributed by atoms with Gasteiger partial charge in [-0.15, -0.1) is 0 Å². The number of hydrogen-bond donors (Lipinski definition) is 1. The van der Waals surface area contributed by atoms with Crippen molar-refractivity contribution >= 4 is 26.9 Å².